The number of hydrogen-bond acceptors (Lipinski definition) is 2. The highest BCUT2D eigenvalue weighted by Crippen LogP contribution is 2.22. The van der Waals surface area contributed by atoms with E-state index in [-0.39, 0.29) is 16.9 Å². The van der Waals surface area contributed by atoms with Gasteiger partial charge >= 0.3 is 0 Å². The van der Waals surface area contributed by atoms with Gasteiger partial charge in [-0.1, -0.05) is 31.5 Å². The predicted molar refractivity (Wildman–Crippen MR) is 107 cm³/mol. The number of carbonyl (C=O) groups excluding carboxylic acids is 1. The molecule has 1 N–H and O–H groups in total. The summed E-state index contributed by atoms with van der Waals surface area (Å²) in [6.45, 7) is 10.5. The van der Waals surface area contributed by atoms with Crippen LogP contribution in [0.2, 0.25) is 0 Å². The summed E-state index contributed by atoms with van der Waals surface area (Å²) in [5.74, 6) is -0.356. The number of halogens is 1. The summed E-state index contributed by atoms with van der Waals surface area (Å²) in [6, 6.07) is 5.84. The summed E-state index contributed by atoms with van der Waals surface area (Å²) in [4.78, 5) is 25.6. The molecule has 134 valence electrons. The van der Waals surface area contributed by atoms with Crippen LogP contribution in [-0.4, -0.2) is 10.5 Å². The molecule has 1 aromatic heterocycles. The molecule has 0 spiro atoms. The number of benzene rings is 1. The summed E-state index contributed by atoms with van der Waals surface area (Å²) in [5, 5.41) is 2.93. The zero-order chi connectivity index (χ0) is 18.7. The summed E-state index contributed by atoms with van der Waals surface area (Å²) in [7, 11) is 0. The largest absolute Gasteiger partial charge is 0.347 e. The van der Waals surface area contributed by atoms with Crippen LogP contribution in [0.3, 0.4) is 0 Å². The first-order valence-corrected chi connectivity index (χ1v) is 9.35. The van der Waals surface area contributed by atoms with E-state index in [1.165, 1.54) is 0 Å². The molecule has 0 saturated carbocycles. The number of aryl methyl sites for hydroxylation is 2. The number of hydrogen-bond donors (Lipinski definition) is 1. The third-order valence-electron chi connectivity index (χ3n) is 4.60. The first-order valence-electron chi connectivity index (χ1n) is 8.56. The van der Waals surface area contributed by atoms with Crippen molar-refractivity contribution in [2.75, 3.05) is 5.32 Å². The van der Waals surface area contributed by atoms with Crippen molar-refractivity contribution in [3.05, 3.63) is 61.0 Å². The molecular weight excluding hydrogens is 380 g/mol. The molecule has 5 heteroatoms. The molecule has 0 fully saturated rings. The third kappa shape index (κ3) is 3.87. The Morgan fingerprint density at radius 2 is 1.72 bits per heavy atom. The van der Waals surface area contributed by atoms with Gasteiger partial charge in [0.1, 0.15) is 5.56 Å². The Labute approximate surface area is 157 Å². The van der Waals surface area contributed by atoms with Crippen LogP contribution in [0.5, 0.6) is 0 Å². The number of aromatic nitrogens is 1. The van der Waals surface area contributed by atoms with Gasteiger partial charge in [-0.15, -0.1) is 0 Å². The second-order valence-electron chi connectivity index (χ2n) is 6.42. The standard InChI is InChI=1S/C20H25BrN2O2/c1-6-7-11-23-14(4)16(19(24)17(21)15(23)5)20(25)22-18-12(2)9-8-10-13(18)3/h8-10H,6-7,11H2,1-5H3,(H,22,25). The van der Waals surface area contributed by atoms with E-state index in [9.17, 15) is 9.59 Å². The molecule has 0 aliphatic carbocycles. The van der Waals surface area contributed by atoms with E-state index in [0.717, 1.165) is 41.9 Å². The Morgan fingerprint density at radius 3 is 2.28 bits per heavy atom. The van der Waals surface area contributed by atoms with Crippen molar-refractivity contribution in [3.8, 4) is 0 Å². The maximum atomic E-state index is 12.9. The molecular formula is C20H25BrN2O2. The van der Waals surface area contributed by atoms with Gasteiger partial charge in [-0.05, 0) is 61.2 Å². The van der Waals surface area contributed by atoms with Gasteiger partial charge in [0.25, 0.3) is 5.91 Å². The second-order valence-corrected chi connectivity index (χ2v) is 7.21. The Hall–Kier alpha value is -1.88. The fourth-order valence-electron chi connectivity index (χ4n) is 3.05. The number of carbonyl (C=O) groups is 1. The minimum Gasteiger partial charge on any atom is -0.347 e. The average molecular weight is 405 g/mol. The van der Waals surface area contributed by atoms with Crippen LogP contribution in [0.15, 0.2) is 27.5 Å². The summed E-state index contributed by atoms with van der Waals surface area (Å²) in [5.41, 5.74) is 4.24. The highest BCUT2D eigenvalue weighted by Gasteiger charge is 2.21. The Kier molecular flexibility index (Phi) is 6.22. The lowest BCUT2D eigenvalue weighted by molar-refractivity contribution is 0.102. The Bertz CT molecular complexity index is 849. The van der Waals surface area contributed by atoms with E-state index >= 15 is 0 Å². The van der Waals surface area contributed by atoms with E-state index in [2.05, 4.69) is 32.7 Å². The highest BCUT2D eigenvalue weighted by atomic mass is 79.9. The van der Waals surface area contributed by atoms with Crippen LogP contribution in [0.25, 0.3) is 0 Å². The average Bonchev–Trinajstić information content (AvgIpc) is 2.56. The number of unbranched alkanes of at least 4 members (excludes halogenated alkanes) is 1. The van der Waals surface area contributed by atoms with Gasteiger partial charge in [-0.25, -0.2) is 0 Å². The molecule has 0 aliphatic heterocycles. The minimum absolute atomic E-state index is 0.205. The zero-order valence-corrected chi connectivity index (χ0v) is 17.1. The van der Waals surface area contributed by atoms with Crippen molar-refractivity contribution in [2.24, 2.45) is 0 Å². The normalized spacial score (nSPS) is 10.8. The molecule has 0 radical (unpaired) electrons. The molecule has 1 aromatic carbocycles. The fourth-order valence-corrected chi connectivity index (χ4v) is 3.46. The highest BCUT2D eigenvalue weighted by molar-refractivity contribution is 9.10. The molecule has 2 rings (SSSR count). The maximum absolute atomic E-state index is 12.9. The molecule has 1 amide bonds. The topological polar surface area (TPSA) is 51.1 Å². The van der Waals surface area contributed by atoms with Crippen LogP contribution in [-0.2, 0) is 6.54 Å². The van der Waals surface area contributed by atoms with Crippen molar-refractivity contribution in [1.82, 2.24) is 4.57 Å². The van der Waals surface area contributed by atoms with Crippen LogP contribution >= 0.6 is 15.9 Å². The monoisotopic (exact) mass is 404 g/mol. The van der Waals surface area contributed by atoms with Crippen molar-refractivity contribution in [1.29, 1.82) is 0 Å². The number of nitrogens with zero attached hydrogens (tertiary/aromatic N) is 1. The number of para-hydroxylation sites is 1. The Balaban J connectivity index is 2.53. The van der Waals surface area contributed by atoms with Gasteiger partial charge in [0, 0.05) is 23.6 Å². The number of pyridine rings is 1. The molecule has 2 aromatic rings. The fraction of sp³-hybridized carbons (Fsp3) is 0.400. The maximum Gasteiger partial charge on any atom is 0.261 e. The third-order valence-corrected chi connectivity index (χ3v) is 5.53. The van der Waals surface area contributed by atoms with Gasteiger partial charge in [-0.3, -0.25) is 9.59 Å². The van der Waals surface area contributed by atoms with Gasteiger partial charge in [0.15, 0.2) is 0 Å². The molecule has 0 bridgehead atoms. The van der Waals surface area contributed by atoms with Crippen molar-refractivity contribution in [2.45, 2.75) is 54.0 Å². The molecule has 0 aliphatic rings. The van der Waals surface area contributed by atoms with E-state index in [1.807, 2.05) is 45.9 Å². The lowest BCUT2D eigenvalue weighted by Crippen LogP contribution is -2.28. The smallest absolute Gasteiger partial charge is 0.261 e. The van der Waals surface area contributed by atoms with Gasteiger partial charge in [0.05, 0.1) is 4.47 Å². The van der Waals surface area contributed by atoms with Crippen molar-refractivity contribution < 1.29 is 4.79 Å². The molecule has 0 saturated heterocycles. The molecule has 25 heavy (non-hydrogen) atoms. The summed E-state index contributed by atoms with van der Waals surface area (Å²) in [6.07, 6.45) is 2.04. The minimum atomic E-state index is -0.356. The van der Waals surface area contributed by atoms with Gasteiger partial charge in [0.2, 0.25) is 5.43 Å². The molecule has 4 nitrogen and oxygen atoms in total. The van der Waals surface area contributed by atoms with Crippen LogP contribution < -0.4 is 10.7 Å². The summed E-state index contributed by atoms with van der Waals surface area (Å²) >= 11 is 3.38. The molecule has 1 heterocycles. The van der Waals surface area contributed by atoms with E-state index in [0.29, 0.717) is 10.2 Å². The first kappa shape index (κ1) is 19.4. The number of anilines is 1. The van der Waals surface area contributed by atoms with Crippen LogP contribution in [0, 0.1) is 27.7 Å². The summed E-state index contributed by atoms with van der Waals surface area (Å²) < 4.78 is 2.51. The van der Waals surface area contributed by atoms with Crippen LogP contribution in [0.4, 0.5) is 5.69 Å². The van der Waals surface area contributed by atoms with Gasteiger partial charge < -0.3 is 9.88 Å². The van der Waals surface area contributed by atoms with E-state index in [4.69, 9.17) is 0 Å². The van der Waals surface area contributed by atoms with E-state index < -0.39 is 0 Å². The van der Waals surface area contributed by atoms with Gasteiger partial charge in [-0.2, -0.15) is 0 Å². The second kappa shape index (κ2) is 8.00. The number of nitrogens with one attached hydrogen (secondary N) is 1. The number of rotatable bonds is 5. The molecule has 0 atom stereocenters. The van der Waals surface area contributed by atoms with Crippen molar-refractivity contribution in [3.63, 3.8) is 0 Å². The first-order chi connectivity index (χ1) is 11.8. The lowest BCUT2D eigenvalue weighted by Gasteiger charge is -2.19. The quantitative estimate of drug-likeness (QED) is 0.770. The predicted octanol–water partition coefficient (Wildman–Crippen LogP) is 4.90. The molecule has 0 unspecified atom stereocenters. The van der Waals surface area contributed by atoms with Crippen LogP contribution in [0.1, 0.15) is 52.6 Å². The number of amides is 1. The SMILES string of the molecule is CCCCn1c(C)c(Br)c(=O)c(C(=O)Nc2c(C)cccc2C)c1C. The Morgan fingerprint density at radius 1 is 1.12 bits per heavy atom. The van der Waals surface area contributed by atoms with E-state index in [1.54, 1.807) is 0 Å². The lowest BCUT2D eigenvalue weighted by atomic mass is 10.1. The zero-order valence-electron chi connectivity index (χ0n) is 15.5. The van der Waals surface area contributed by atoms with Crippen molar-refractivity contribution >= 4 is 27.5 Å².